The van der Waals surface area contributed by atoms with Crippen molar-refractivity contribution < 1.29 is 9.18 Å². The molecule has 0 radical (unpaired) electrons. The number of H-pyrrole nitrogens is 2. The molecule has 124 valence electrons. The van der Waals surface area contributed by atoms with Crippen LogP contribution in [0.5, 0.6) is 0 Å². The first-order chi connectivity index (χ1) is 11.6. The van der Waals surface area contributed by atoms with Crippen LogP contribution in [0.1, 0.15) is 17.5 Å². The predicted molar refractivity (Wildman–Crippen MR) is 90.4 cm³/mol. The highest BCUT2D eigenvalue weighted by molar-refractivity contribution is 5.76. The van der Waals surface area contributed by atoms with Gasteiger partial charge in [0.1, 0.15) is 5.82 Å². The van der Waals surface area contributed by atoms with E-state index in [2.05, 4.69) is 15.3 Å². The fourth-order valence-corrected chi connectivity index (χ4v) is 2.58. The van der Waals surface area contributed by atoms with Gasteiger partial charge in [-0.1, -0.05) is 18.2 Å². The number of carbonyl (C=O) groups excluding carboxylic acids is 1. The smallest absolute Gasteiger partial charge is 0.323 e. The quantitative estimate of drug-likeness (QED) is 0.649. The van der Waals surface area contributed by atoms with E-state index in [9.17, 15) is 14.0 Å². The third-order valence-electron chi connectivity index (χ3n) is 3.87. The van der Waals surface area contributed by atoms with Crippen molar-refractivity contribution in [1.82, 2.24) is 15.3 Å². The number of imidazole rings is 1. The lowest BCUT2D eigenvalue weighted by atomic mass is 10.1. The molecule has 0 unspecified atom stereocenters. The Kier molecular flexibility index (Phi) is 4.74. The van der Waals surface area contributed by atoms with E-state index in [0.29, 0.717) is 25.8 Å². The van der Waals surface area contributed by atoms with Gasteiger partial charge in [-0.3, -0.25) is 4.79 Å². The molecule has 5 nitrogen and oxygen atoms in total. The molecule has 1 amide bonds. The summed E-state index contributed by atoms with van der Waals surface area (Å²) in [6, 6.07) is 11.8. The topological polar surface area (TPSA) is 77.8 Å². The number of hydrogen-bond donors (Lipinski definition) is 3. The summed E-state index contributed by atoms with van der Waals surface area (Å²) >= 11 is 0. The van der Waals surface area contributed by atoms with Crippen LogP contribution >= 0.6 is 0 Å². The first-order valence-corrected chi connectivity index (χ1v) is 7.82. The molecular weight excluding hydrogens is 309 g/mol. The number of benzene rings is 2. The van der Waals surface area contributed by atoms with Crippen molar-refractivity contribution in [3.8, 4) is 0 Å². The lowest BCUT2D eigenvalue weighted by Crippen LogP contribution is -2.25. The second kappa shape index (κ2) is 7.12. The first kappa shape index (κ1) is 16.0. The van der Waals surface area contributed by atoms with E-state index >= 15 is 0 Å². The summed E-state index contributed by atoms with van der Waals surface area (Å²) in [6.07, 6.45) is 1.64. The molecular formula is C18H18FN3O2. The Morgan fingerprint density at radius 1 is 0.958 bits per heavy atom. The second-order valence-corrected chi connectivity index (χ2v) is 5.69. The molecule has 3 rings (SSSR count). The largest absolute Gasteiger partial charge is 0.356 e. The van der Waals surface area contributed by atoms with Crippen LogP contribution in [0.15, 0.2) is 47.3 Å². The molecule has 0 aliphatic heterocycles. The maximum Gasteiger partial charge on any atom is 0.323 e. The molecule has 6 heteroatoms. The Hall–Kier alpha value is -2.89. The van der Waals surface area contributed by atoms with Crippen LogP contribution in [0.2, 0.25) is 0 Å². The molecule has 0 aliphatic carbocycles. The van der Waals surface area contributed by atoms with E-state index in [1.54, 1.807) is 12.1 Å². The maximum absolute atomic E-state index is 12.8. The average Bonchev–Trinajstić information content (AvgIpc) is 2.93. The summed E-state index contributed by atoms with van der Waals surface area (Å²) in [5.74, 6) is -0.306. The van der Waals surface area contributed by atoms with Crippen molar-refractivity contribution in [3.05, 3.63) is 69.9 Å². The summed E-state index contributed by atoms with van der Waals surface area (Å²) < 4.78 is 12.8. The first-order valence-electron chi connectivity index (χ1n) is 7.82. The number of rotatable bonds is 6. The molecule has 0 bridgehead atoms. The zero-order valence-electron chi connectivity index (χ0n) is 13.1. The van der Waals surface area contributed by atoms with Crippen molar-refractivity contribution in [2.24, 2.45) is 0 Å². The van der Waals surface area contributed by atoms with Crippen LogP contribution in [0, 0.1) is 5.82 Å². The number of nitrogens with one attached hydrogen (secondary N) is 3. The van der Waals surface area contributed by atoms with E-state index in [0.717, 1.165) is 22.2 Å². The van der Waals surface area contributed by atoms with Gasteiger partial charge in [0.05, 0.1) is 11.0 Å². The SMILES string of the molecule is O=C(CCc1ccc(F)cc1)NCCc1ccc2[nH]c(=O)[nH]c2c1. The second-order valence-electron chi connectivity index (χ2n) is 5.69. The molecule has 3 N–H and O–H groups in total. The van der Waals surface area contributed by atoms with Crippen molar-refractivity contribution in [3.63, 3.8) is 0 Å². The summed E-state index contributed by atoms with van der Waals surface area (Å²) in [4.78, 5) is 28.5. The van der Waals surface area contributed by atoms with E-state index in [4.69, 9.17) is 0 Å². The van der Waals surface area contributed by atoms with Crippen LogP contribution in [-0.4, -0.2) is 22.4 Å². The van der Waals surface area contributed by atoms with E-state index in [1.807, 2.05) is 18.2 Å². The van der Waals surface area contributed by atoms with Gasteiger partial charge < -0.3 is 15.3 Å². The van der Waals surface area contributed by atoms with Gasteiger partial charge in [0, 0.05) is 13.0 Å². The van der Waals surface area contributed by atoms with E-state index < -0.39 is 0 Å². The monoisotopic (exact) mass is 327 g/mol. The standard InChI is InChI=1S/C18H18FN3O2/c19-14-5-1-12(2-6-14)4-8-17(23)20-10-9-13-3-7-15-16(11-13)22-18(24)21-15/h1-3,5-7,11H,4,8-10H2,(H,20,23)(H2,21,22,24). The van der Waals surface area contributed by atoms with Gasteiger partial charge in [0.2, 0.25) is 5.91 Å². The van der Waals surface area contributed by atoms with E-state index in [-0.39, 0.29) is 17.4 Å². The van der Waals surface area contributed by atoms with Crippen LogP contribution in [0.25, 0.3) is 11.0 Å². The Morgan fingerprint density at radius 3 is 2.46 bits per heavy atom. The number of aromatic nitrogens is 2. The van der Waals surface area contributed by atoms with Gasteiger partial charge in [-0.25, -0.2) is 9.18 Å². The molecule has 0 spiro atoms. The molecule has 2 aromatic carbocycles. The number of aryl methyl sites for hydroxylation is 1. The Balaban J connectivity index is 1.45. The molecule has 1 aromatic heterocycles. The van der Waals surface area contributed by atoms with Gasteiger partial charge >= 0.3 is 5.69 Å². The third kappa shape index (κ3) is 4.10. The number of aromatic amines is 2. The zero-order chi connectivity index (χ0) is 16.9. The number of hydrogen-bond acceptors (Lipinski definition) is 2. The lowest BCUT2D eigenvalue weighted by molar-refractivity contribution is -0.121. The van der Waals surface area contributed by atoms with Gasteiger partial charge in [0.15, 0.2) is 0 Å². The van der Waals surface area contributed by atoms with Gasteiger partial charge in [0.25, 0.3) is 0 Å². The predicted octanol–water partition coefficient (Wildman–Crippen LogP) is 2.29. The number of carbonyl (C=O) groups is 1. The van der Waals surface area contributed by atoms with Crippen LogP contribution < -0.4 is 11.0 Å². The molecule has 1 heterocycles. The van der Waals surface area contributed by atoms with Crippen molar-refractivity contribution in [2.45, 2.75) is 19.3 Å². The molecule has 0 fully saturated rings. The molecule has 0 aliphatic rings. The number of fused-ring (bicyclic) bond motifs is 1. The van der Waals surface area contributed by atoms with Gasteiger partial charge in [-0.15, -0.1) is 0 Å². The van der Waals surface area contributed by atoms with Crippen molar-refractivity contribution in [1.29, 1.82) is 0 Å². The van der Waals surface area contributed by atoms with Crippen LogP contribution in [0.3, 0.4) is 0 Å². The molecule has 0 atom stereocenters. The highest BCUT2D eigenvalue weighted by Gasteiger charge is 2.04. The molecule has 3 aromatic rings. The van der Waals surface area contributed by atoms with Crippen LogP contribution in [0.4, 0.5) is 4.39 Å². The lowest BCUT2D eigenvalue weighted by Gasteiger charge is -2.06. The molecule has 24 heavy (non-hydrogen) atoms. The third-order valence-corrected chi connectivity index (χ3v) is 3.87. The fraction of sp³-hybridized carbons (Fsp3) is 0.222. The Labute approximate surface area is 137 Å². The van der Waals surface area contributed by atoms with Gasteiger partial charge in [-0.2, -0.15) is 0 Å². The summed E-state index contributed by atoms with van der Waals surface area (Å²) in [6.45, 7) is 0.530. The summed E-state index contributed by atoms with van der Waals surface area (Å²) in [5, 5.41) is 2.87. The minimum absolute atomic E-state index is 0.0320. The normalized spacial score (nSPS) is 10.9. The number of amides is 1. The van der Waals surface area contributed by atoms with Crippen molar-refractivity contribution >= 4 is 16.9 Å². The minimum Gasteiger partial charge on any atom is -0.356 e. The Morgan fingerprint density at radius 2 is 1.67 bits per heavy atom. The fourth-order valence-electron chi connectivity index (χ4n) is 2.58. The van der Waals surface area contributed by atoms with Crippen LogP contribution in [-0.2, 0) is 17.6 Å². The summed E-state index contributed by atoms with van der Waals surface area (Å²) in [7, 11) is 0. The number of halogens is 1. The maximum atomic E-state index is 12.8. The van der Waals surface area contributed by atoms with Crippen molar-refractivity contribution in [2.75, 3.05) is 6.54 Å². The molecule has 0 saturated carbocycles. The highest BCUT2D eigenvalue weighted by Crippen LogP contribution is 2.10. The van der Waals surface area contributed by atoms with Gasteiger partial charge in [-0.05, 0) is 48.2 Å². The average molecular weight is 327 g/mol. The zero-order valence-corrected chi connectivity index (χ0v) is 13.1. The van der Waals surface area contributed by atoms with E-state index in [1.165, 1.54) is 12.1 Å². The molecule has 0 saturated heterocycles. The highest BCUT2D eigenvalue weighted by atomic mass is 19.1. The Bertz CT molecular complexity index is 897. The summed E-state index contributed by atoms with van der Waals surface area (Å²) in [5.41, 5.74) is 3.29. The minimum atomic E-state index is -0.274.